The molecule has 1 aliphatic rings. The highest BCUT2D eigenvalue weighted by Crippen LogP contribution is 2.31. The number of hydrogen-bond acceptors (Lipinski definition) is 3. The van der Waals surface area contributed by atoms with Gasteiger partial charge in [0.05, 0.1) is 0 Å². The van der Waals surface area contributed by atoms with Crippen LogP contribution >= 0.6 is 8.25 Å². The minimum absolute atomic E-state index is 0.0129. The summed E-state index contributed by atoms with van der Waals surface area (Å²) in [4.78, 5) is 8.09. The summed E-state index contributed by atoms with van der Waals surface area (Å²) in [5, 5.41) is 0. The summed E-state index contributed by atoms with van der Waals surface area (Å²) in [5.74, 6) is 0. The standard InChI is InChI=1S/C3H5O4P/c1-2-3(6-2)7-8(4)5/h2-3H,1H3/p+1/t2-,3+/m1/s1. The second-order valence-electron chi connectivity index (χ2n) is 1.55. The van der Waals surface area contributed by atoms with Gasteiger partial charge in [-0.2, -0.15) is 0 Å². The van der Waals surface area contributed by atoms with Crippen LogP contribution in [0.1, 0.15) is 6.92 Å². The van der Waals surface area contributed by atoms with E-state index < -0.39 is 14.5 Å². The molecule has 1 saturated heterocycles. The third-order valence-corrected chi connectivity index (χ3v) is 1.24. The average molecular weight is 137 g/mol. The van der Waals surface area contributed by atoms with Crippen LogP contribution in [0.15, 0.2) is 0 Å². The summed E-state index contributed by atoms with van der Waals surface area (Å²) in [5.41, 5.74) is 0. The van der Waals surface area contributed by atoms with Gasteiger partial charge in [0.1, 0.15) is 6.10 Å². The van der Waals surface area contributed by atoms with Crippen molar-refractivity contribution in [1.82, 2.24) is 0 Å². The molecule has 1 rings (SSSR count). The highest BCUT2D eigenvalue weighted by molar-refractivity contribution is 7.32. The molecule has 1 N–H and O–H groups in total. The van der Waals surface area contributed by atoms with Crippen molar-refractivity contribution in [2.75, 3.05) is 0 Å². The van der Waals surface area contributed by atoms with Gasteiger partial charge in [-0.1, -0.05) is 4.52 Å². The lowest BCUT2D eigenvalue weighted by Gasteiger charge is -1.70. The van der Waals surface area contributed by atoms with Gasteiger partial charge < -0.3 is 4.74 Å². The minimum Gasteiger partial charge on any atom is -0.338 e. The SMILES string of the molecule is C[C@H]1O[C@H]1O[P+](=O)O. The van der Waals surface area contributed by atoms with Crippen molar-refractivity contribution in [1.29, 1.82) is 0 Å². The topological polar surface area (TPSA) is 59.1 Å². The molecule has 46 valence electrons. The maximum atomic E-state index is 9.84. The summed E-state index contributed by atoms with van der Waals surface area (Å²) >= 11 is 0. The van der Waals surface area contributed by atoms with Crippen molar-refractivity contribution >= 4 is 8.25 Å². The van der Waals surface area contributed by atoms with Gasteiger partial charge in [-0.3, -0.25) is 0 Å². The average Bonchev–Trinajstić information content (AvgIpc) is 2.17. The molecule has 3 atom stereocenters. The lowest BCUT2D eigenvalue weighted by Crippen LogP contribution is -1.87. The number of rotatable bonds is 2. The van der Waals surface area contributed by atoms with Crippen LogP contribution in [0.5, 0.6) is 0 Å². The fourth-order valence-electron chi connectivity index (χ4n) is 0.366. The van der Waals surface area contributed by atoms with Crippen LogP contribution in [0.4, 0.5) is 0 Å². The zero-order chi connectivity index (χ0) is 6.15. The van der Waals surface area contributed by atoms with Crippen LogP contribution in [-0.4, -0.2) is 17.3 Å². The Bertz CT molecular complexity index is 114. The van der Waals surface area contributed by atoms with Gasteiger partial charge >= 0.3 is 8.25 Å². The molecule has 0 aromatic heterocycles. The van der Waals surface area contributed by atoms with E-state index in [0.29, 0.717) is 0 Å². The van der Waals surface area contributed by atoms with Gasteiger partial charge in [0, 0.05) is 4.57 Å². The summed E-state index contributed by atoms with van der Waals surface area (Å²) in [6, 6.07) is 0. The number of ether oxygens (including phenoxy) is 1. The Kier molecular flexibility index (Phi) is 1.58. The molecule has 5 heteroatoms. The van der Waals surface area contributed by atoms with E-state index in [9.17, 15) is 4.57 Å². The van der Waals surface area contributed by atoms with E-state index in [-0.39, 0.29) is 6.10 Å². The van der Waals surface area contributed by atoms with E-state index >= 15 is 0 Å². The second-order valence-corrected chi connectivity index (χ2v) is 2.24. The van der Waals surface area contributed by atoms with Crippen molar-refractivity contribution in [2.24, 2.45) is 0 Å². The maximum absolute atomic E-state index is 9.84. The zero-order valence-corrected chi connectivity index (χ0v) is 5.17. The van der Waals surface area contributed by atoms with Crippen molar-refractivity contribution in [3.05, 3.63) is 0 Å². The van der Waals surface area contributed by atoms with Crippen molar-refractivity contribution in [2.45, 2.75) is 19.3 Å². The van der Waals surface area contributed by atoms with E-state index in [1.54, 1.807) is 6.92 Å². The second kappa shape index (κ2) is 2.07. The van der Waals surface area contributed by atoms with Crippen molar-refractivity contribution in [3.63, 3.8) is 0 Å². The Labute approximate surface area is 47.4 Å². The summed E-state index contributed by atoms with van der Waals surface area (Å²) in [7, 11) is -2.48. The van der Waals surface area contributed by atoms with Gasteiger partial charge in [0.2, 0.25) is 6.29 Å². The highest BCUT2D eigenvalue weighted by Gasteiger charge is 2.43. The Hall–Kier alpha value is -0.0200. The van der Waals surface area contributed by atoms with Gasteiger partial charge in [-0.25, -0.2) is 0 Å². The molecule has 0 bridgehead atoms. The zero-order valence-electron chi connectivity index (χ0n) is 4.27. The summed E-state index contributed by atoms with van der Waals surface area (Å²) in [6.07, 6.45) is -0.454. The van der Waals surface area contributed by atoms with E-state index in [4.69, 9.17) is 4.89 Å². The molecule has 0 aliphatic carbocycles. The van der Waals surface area contributed by atoms with Crippen molar-refractivity contribution in [3.8, 4) is 0 Å². The van der Waals surface area contributed by atoms with Crippen LogP contribution in [0.3, 0.4) is 0 Å². The number of epoxide rings is 1. The summed E-state index contributed by atoms with van der Waals surface area (Å²) in [6.45, 7) is 1.77. The lowest BCUT2D eigenvalue weighted by atomic mass is 10.5. The fourth-order valence-corrected chi connectivity index (χ4v) is 0.764. The molecule has 1 fully saturated rings. The Morgan fingerprint density at radius 1 is 1.88 bits per heavy atom. The first-order valence-electron chi connectivity index (χ1n) is 2.18. The Balaban J connectivity index is 2.14. The van der Waals surface area contributed by atoms with Gasteiger partial charge in [-0.15, -0.1) is 4.89 Å². The van der Waals surface area contributed by atoms with Crippen molar-refractivity contribution < 1.29 is 18.7 Å². The predicted octanol–water partition coefficient (Wildman–Crippen LogP) is 0.397. The van der Waals surface area contributed by atoms with Gasteiger partial charge in [0.15, 0.2) is 0 Å². The van der Waals surface area contributed by atoms with Crippen LogP contribution in [-0.2, 0) is 13.8 Å². The first kappa shape index (κ1) is 6.11. The minimum atomic E-state index is -2.48. The van der Waals surface area contributed by atoms with E-state index in [1.807, 2.05) is 0 Å². The van der Waals surface area contributed by atoms with E-state index in [1.165, 1.54) is 0 Å². The molecule has 1 unspecified atom stereocenters. The first-order chi connectivity index (χ1) is 3.70. The van der Waals surface area contributed by atoms with Crippen LogP contribution in [0.2, 0.25) is 0 Å². The molecular weight excluding hydrogens is 131 g/mol. The molecule has 0 saturated carbocycles. The fraction of sp³-hybridized carbons (Fsp3) is 1.00. The quantitative estimate of drug-likeness (QED) is 0.442. The van der Waals surface area contributed by atoms with Crippen LogP contribution < -0.4 is 0 Å². The molecular formula is C3H6O4P+. The molecule has 0 spiro atoms. The monoisotopic (exact) mass is 137 g/mol. The normalized spacial score (nSPS) is 37.0. The Morgan fingerprint density at radius 2 is 2.38 bits per heavy atom. The van der Waals surface area contributed by atoms with Crippen LogP contribution in [0, 0.1) is 0 Å². The van der Waals surface area contributed by atoms with Crippen LogP contribution in [0.25, 0.3) is 0 Å². The molecule has 0 aromatic rings. The maximum Gasteiger partial charge on any atom is 0.697 e. The molecule has 4 nitrogen and oxygen atoms in total. The van der Waals surface area contributed by atoms with Gasteiger partial charge in [0.25, 0.3) is 0 Å². The molecule has 0 aromatic carbocycles. The molecule has 8 heavy (non-hydrogen) atoms. The third-order valence-electron chi connectivity index (χ3n) is 0.850. The molecule has 0 amide bonds. The predicted molar refractivity (Wildman–Crippen MR) is 25.2 cm³/mol. The molecule has 1 aliphatic heterocycles. The smallest absolute Gasteiger partial charge is 0.338 e. The first-order valence-corrected chi connectivity index (χ1v) is 3.31. The lowest BCUT2D eigenvalue weighted by molar-refractivity contribution is 0.169. The summed E-state index contributed by atoms with van der Waals surface area (Å²) < 4.78 is 18.8. The van der Waals surface area contributed by atoms with E-state index in [0.717, 1.165) is 0 Å². The highest BCUT2D eigenvalue weighted by atomic mass is 31.1. The molecule has 0 radical (unpaired) electrons. The molecule has 1 heterocycles. The number of hydrogen-bond donors (Lipinski definition) is 1. The van der Waals surface area contributed by atoms with E-state index in [2.05, 4.69) is 9.26 Å². The third kappa shape index (κ3) is 1.49. The largest absolute Gasteiger partial charge is 0.697 e. The Morgan fingerprint density at radius 3 is 2.50 bits per heavy atom. The van der Waals surface area contributed by atoms with Gasteiger partial charge in [-0.05, 0) is 6.92 Å².